The number of rotatable bonds is 6. The summed E-state index contributed by atoms with van der Waals surface area (Å²) >= 11 is 0. The van der Waals surface area contributed by atoms with Gasteiger partial charge in [-0.05, 0) is 18.2 Å². The topological polar surface area (TPSA) is 104 Å². The molecule has 154 valence electrons. The highest BCUT2D eigenvalue weighted by molar-refractivity contribution is 5.93. The van der Waals surface area contributed by atoms with Gasteiger partial charge in [-0.1, -0.05) is 54.6 Å². The molecule has 4 aromatic rings. The highest BCUT2D eigenvalue weighted by atomic mass is 16.6. The van der Waals surface area contributed by atoms with E-state index in [1.165, 1.54) is 28.8 Å². The monoisotopic (exact) mass is 415 g/mol. The first-order chi connectivity index (χ1) is 15.1. The zero-order valence-corrected chi connectivity index (χ0v) is 16.3. The van der Waals surface area contributed by atoms with E-state index in [-0.39, 0.29) is 30.0 Å². The van der Waals surface area contributed by atoms with Gasteiger partial charge in [0, 0.05) is 11.6 Å². The summed E-state index contributed by atoms with van der Waals surface area (Å²) in [5.74, 6) is -0.374. The van der Waals surface area contributed by atoms with Gasteiger partial charge in [-0.15, -0.1) is 0 Å². The Morgan fingerprint density at radius 2 is 1.65 bits per heavy atom. The van der Waals surface area contributed by atoms with Crippen LogP contribution in [-0.2, 0) is 11.3 Å². The Morgan fingerprint density at radius 1 is 0.968 bits per heavy atom. The SMILES string of the molecule is O=C(OCCn1c(-c2ccccc2)nc2ccccc2c1=O)c1ccccc1[N+](=O)[O-]. The summed E-state index contributed by atoms with van der Waals surface area (Å²) in [6.45, 7) is -0.0993. The number of carbonyl (C=O) groups is 1. The minimum atomic E-state index is -0.824. The second kappa shape index (κ2) is 8.58. The van der Waals surface area contributed by atoms with E-state index in [2.05, 4.69) is 4.98 Å². The maximum atomic E-state index is 13.1. The number of aromatic nitrogens is 2. The van der Waals surface area contributed by atoms with Crippen LogP contribution in [0.3, 0.4) is 0 Å². The van der Waals surface area contributed by atoms with Gasteiger partial charge >= 0.3 is 5.97 Å². The average molecular weight is 415 g/mol. The molecule has 0 aliphatic rings. The van der Waals surface area contributed by atoms with Crippen LogP contribution in [0.25, 0.3) is 22.3 Å². The van der Waals surface area contributed by atoms with E-state index in [1.807, 2.05) is 36.4 Å². The highest BCUT2D eigenvalue weighted by Gasteiger charge is 2.21. The fourth-order valence-electron chi connectivity index (χ4n) is 3.30. The van der Waals surface area contributed by atoms with Gasteiger partial charge in [0.2, 0.25) is 0 Å². The minimum Gasteiger partial charge on any atom is -0.460 e. The van der Waals surface area contributed by atoms with Crippen LogP contribution in [0.2, 0.25) is 0 Å². The molecule has 8 nitrogen and oxygen atoms in total. The van der Waals surface area contributed by atoms with Crippen molar-refractivity contribution in [3.63, 3.8) is 0 Å². The fourth-order valence-corrected chi connectivity index (χ4v) is 3.30. The first-order valence-corrected chi connectivity index (χ1v) is 9.52. The molecule has 0 bridgehead atoms. The Hall–Kier alpha value is -4.33. The summed E-state index contributed by atoms with van der Waals surface area (Å²) in [4.78, 5) is 40.6. The molecule has 31 heavy (non-hydrogen) atoms. The van der Waals surface area contributed by atoms with Crippen molar-refractivity contribution in [3.8, 4) is 11.4 Å². The number of esters is 1. The van der Waals surface area contributed by atoms with Crippen molar-refractivity contribution in [2.24, 2.45) is 0 Å². The molecular formula is C23H17N3O5. The Kier molecular flexibility index (Phi) is 5.53. The van der Waals surface area contributed by atoms with Crippen molar-refractivity contribution < 1.29 is 14.5 Å². The lowest BCUT2D eigenvalue weighted by molar-refractivity contribution is -0.385. The molecule has 0 aliphatic heterocycles. The van der Waals surface area contributed by atoms with Crippen molar-refractivity contribution in [2.45, 2.75) is 6.54 Å². The lowest BCUT2D eigenvalue weighted by Crippen LogP contribution is -2.26. The molecule has 1 aromatic heterocycles. The van der Waals surface area contributed by atoms with Gasteiger partial charge in [0.1, 0.15) is 18.0 Å². The van der Waals surface area contributed by atoms with Gasteiger partial charge in [-0.2, -0.15) is 0 Å². The molecule has 4 rings (SSSR count). The van der Waals surface area contributed by atoms with E-state index < -0.39 is 10.9 Å². The third-order valence-electron chi connectivity index (χ3n) is 4.76. The molecule has 3 aromatic carbocycles. The smallest absolute Gasteiger partial charge is 0.345 e. The van der Waals surface area contributed by atoms with Crippen LogP contribution in [0.5, 0.6) is 0 Å². The third-order valence-corrected chi connectivity index (χ3v) is 4.76. The number of carbonyl (C=O) groups excluding carboxylic acids is 1. The van der Waals surface area contributed by atoms with Gasteiger partial charge in [0.05, 0.1) is 22.4 Å². The first-order valence-electron chi connectivity index (χ1n) is 9.52. The second-order valence-corrected chi connectivity index (χ2v) is 6.69. The zero-order chi connectivity index (χ0) is 21.8. The molecule has 0 unspecified atom stereocenters. The van der Waals surface area contributed by atoms with Gasteiger partial charge < -0.3 is 4.74 Å². The maximum Gasteiger partial charge on any atom is 0.345 e. The van der Waals surface area contributed by atoms with Crippen molar-refractivity contribution >= 4 is 22.6 Å². The standard InChI is InChI=1S/C23H17N3O5/c27-22-17-10-4-6-12-19(17)24-21(16-8-2-1-3-9-16)25(22)14-15-31-23(28)18-11-5-7-13-20(18)26(29)30/h1-13H,14-15H2. The Bertz CT molecular complexity index is 1330. The molecule has 0 saturated heterocycles. The van der Waals surface area contributed by atoms with Crippen LogP contribution in [0.4, 0.5) is 5.69 Å². The van der Waals surface area contributed by atoms with Crippen LogP contribution in [-0.4, -0.2) is 27.1 Å². The lowest BCUT2D eigenvalue weighted by Gasteiger charge is -2.14. The van der Waals surface area contributed by atoms with Crippen LogP contribution in [0.15, 0.2) is 83.7 Å². The van der Waals surface area contributed by atoms with E-state index in [0.717, 1.165) is 5.56 Å². The van der Waals surface area contributed by atoms with Gasteiger partial charge in [0.25, 0.3) is 11.2 Å². The van der Waals surface area contributed by atoms with Crippen molar-refractivity contribution in [1.82, 2.24) is 9.55 Å². The van der Waals surface area contributed by atoms with E-state index in [9.17, 15) is 19.7 Å². The summed E-state index contributed by atoms with van der Waals surface area (Å²) in [7, 11) is 0. The largest absolute Gasteiger partial charge is 0.460 e. The van der Waals surface area contributed by atoms with Crippen LogP contribution < -0.4 is 5.56 Å². The number of para-hydroxylation sites is 2. The molecule has 8 heteroatoms. The summed E-state index contributed by atoms with van der Waals surface area (Å²) in [5, 5.41) is 11.6. The predicted molar refractivity (Wildman–Crippen MR) is 115 cm³/mol. The summed E-state index contributed by atoms with van der Waals surface area (Å²) in [6.07, 6.45) is 0. The molecule has 0 atom stereocenters. The number of hydrogen-bond donors (Lipinski definition) is 0. The van der Waals surface area contributed by atoms with Crippen molar-refractivity contribution in [3.05, 3.63) is 105 Å². The zero-order valence-electron chi connectivity index (χ0n) is 16.3. The number of nitro groups is 1. The quantitative estimate of drug-likeness (QED) is 0.269. The van der Waals surface area contributed by atoms with E-state index in [0.29, 0.717) is 16.7 Å². The normalized spacial score (nSPS) is 10.7. The Balaban J connectivity index is 1.64. The molecule has 0 radical (unpaired) electrons. The molecule has 0 N–H and O–H groups in total. The third kappa shape index (κ3) is 4.04. The van der Waals surface area contributed by atoms with Gasteiger partial charge in [0.15, 0.2) is 0 Å². The van der Waals surface area contributed by atoms with E-state index in [1.54, 1.807) is 18.2 Å². The predicted octanol–water partition coefficient (Wildman–Crippen LogP) is 3.83. The number of ether oxygens (including phenoxy) is 1. The second-order valence-electron chi connectivity index (χ2n) is 6.69. The lowest BCUT2D eigenvalue weighted by atomic mass is 10.2. The van der Waals surface area contributed by atoms with Crippen LogP contribution >= 0.6 is 0 Å². The molecule has 0 saturated carbocycles. The maximum absolute atomic E-state index is 13.1. The molecule has 0 spiro atoms. The number of hydrogen-bond acceptors (Lipinski definition) is 6. The van der Waals surface area contributed by atoms with Crippen molar-refractivity contribution in [1.29, 1.82) is 0 Å². The molecular weight excluding hydrogens is 398 g/mol. The van der Waals surface area contributed by atoms with Crippen LogP contribution in [0.1, 0.15) is 10.4 Å². The average Bonchev–Trinajstić information content (AvgIpc) is 2.80. The number of benzene rings is 3. The molecule has 0 amide bonds. The van der Waals surface area contributed by atoms with Crippen LogP contribution in [0, 0.1) is 10.1 Å². The van der Waals surface area contributed by atoms with Crippen molar-refractivity contribution in [2.75, 3.05) is 6.61 Å². The molecule has 0 aliphatic carbocycles. The number of nitrogens with zero attached hydrogens (tertiary/aromatic N) is 3. The van der Waals surface area contributed by atoms with Gasteiger partial charge in [-0.25, -0.2) is 9.78 Å². The summed E-state index contributed by atoms with van der Waals surface area (Å²) < 4.78 is 6.70. The fraction of sp³-hybridized carbons (Fsp3) is 0.0870. The van der Waals surface area contributed by atoms with E-state index >= 15 is 0 Å². The Morgan fingerprint density at radius 3 is 2.42 bits per heavy atom. The molecule has 0 fully saturated rings. The highest BCUT2D eigenvalue weighted by Crippen LogP contribution is 2.20. The van der Waals surface area contributed by atoms with Gasteiger partial charge in [-0.3, -0.25) is 19.5 Å². The summed E-state index contributed by atoms with van der Waals surface area (Å²) in [5.41, 5.74) is 0.586. The Labute approximate surface area is 176 Å². The number of fused-ring (bicyclic) bond motifs is 1. The van der Waals surface area contributed by atoms with E-state index in [4.69, 9.17) is 4.74 Å². The summed E-state index contributed by atoms with van der Waals surface area (Å²) in [6, 6.07) is 21.8. The first kappa shape index (κ1) is 20.0. The molecule has 1 heterocycles. The minimum absolute atomic E-state index is 0.0489. The number of nitro benzene ring substituents is 1.